The number of amides is 1. The quantitative estimate of drug-likeness (QED) is 0.741. The molecule has 2 aliphatic rings. The molecule has 2 fully saturated rings. The van der Waals surface area contributed by atoms with Gasteiger partial charge in [-0.25, -0.2) is 0 Å². The molecular formula is C12H20ClNO. The minimum atomic E-state index is -0.296. The second-order valence-corrected chi connectivity index (χ2v) is 6.27. The van der Waals surface area contributed by atoms with Gasteiger partial charge in [0, 0.05) is 5.92 Å². The van der Waals surface area contributed by atoms with Crippen molar-refractivity contribution in [3.63, 3.8) is 0 Å². The molecule has 1 N–H and O–H groups in total. The van der Waals surface area contributed by atoms with Crippen LogP contribution in [-0.4, -0.2) is 16.8 Å². The van der Waals surface area contributed by atoms with Crippen LogP contribution in [0.15, 0.2) is 0 Å². The number of nitrogens with one attached hydrogen (secondary N) is 1. The molecule has 0 saturated heterocycles. The molecule has 0 aliphatic heterocycles. The van der Waals surface area contributed by atoms with E-state index in [-0.39, 0.29) is 16.8 Å². The maximum atomic E-state index is 12.0. The Kier molecular flexibility index (Phi) is 2.74. The first kappa shape index (κ1) is 11.3. The van der Waals surface area contributed by atoms with Gasteiger partial charge < -0.3 is 5.32 Å². The van der Waals surface area contributed by atoms with Gasteiger partial charge in [-0.15, -0.1) is 11.6 Å². The van der Waals surface area contributed by atoms with Crippen LogP contribution in [0.25, 0.3) is 0 Å². The average molecular weight is 230 g/mol. The number of hydrogen-bond acceptors (Lipinski definition) is 1. The van der Waals surface area contributed by atoms with Crippen LogP contribution in [-0.2, 0) is 4.79 Å². The fourth-order valence-electron chi connectivity index (χ4n) is 2.71. The summed E-state index contributed by atoms with van der Waals surface area (Å²) in [7, 11) is 0. The van der Waals surface area contributed by atoms with Crippen LogP contribution in [0, 0.1) is 17.8 Å². The van der Waals surface area contributed by atoms with Crippen LogP contribution < -0.4 is 5.32 Å². The first-order valence-electron chi connectivity index (χ1n) is 5.89. The highest BCUT2D eigenvalue weighted by atomic mass is 35.5. The summed E-state index contributed by atoms with van der Waals surface area (Å²) < 4.78 is 0. The first-order chi connectivity index (χ1) is 6.93. The lowest BCUT2D eigenvalue weighted by molar-refractivity contribution is -0.124. The van der Waals surface area contributed by atoms with E-state index in [1.165, 1.54) is 19.3 Å². The van der Waals surface area contributed by atoms with Crippen molar-refractivity contribution in [1.29, 1.82) is 0 Å². The standard InChI is InChI=1S/C12H20ClNO/c1-7(13)12(2,3)14-11(15)10-8-5-4-6-9(8)10/h7-10H,4-6H2,1-3H3,(H,14,15). The topological polar surface area (TPSA) is 29.1 Å². The zero-order valence-corrected chi connectivity index (χ0v) is 10.5. The Morgan fingerprint density at radius 3 is 2.40 bits per heavy atom. The number of hydrogen-bond donors (Lipinski definition) is 1. The van der Waals surface area contributed by atoms with E-state index in [1.54, 1.807) is 0 Å². The third kappa shape index (κ3) is 2.01. The molecular weight excluding hydrogens is 210 g/mol. The Hall–Kier alpha value is -0.240. The smallest absolute Gasteiger partial charge is 0.224 e. The average Bonchev–Trinajstić information content (AvgIpc) is 2.60. The highest BCUT2D eigenvalue weighted by Crippen LogP contribution is 2.57. The predicted octanol–water partition coefficient (Wildman–Crippen LogP) is 2.55. The van der Waals surface area contributed by atoms with Gasteiger partial charge in [0.15, 0.2) is 0 Å². The fourth-order valence-corrected chi connectivity index (χ4v) is 2.77. The molecule has 0 heterocycles. The van der Waals surface area contributed by atoms with Crippen molar-refractivity contribution < 1.29 is 4.79 Å². The third-order valence-electron chi connectivity index (χ3n) is 4.15. The lowest BCUT2D eigenvalue weighted by Crippen LogP contribution is -2.50. The van der Waals surface area contributed by atoms with E-state index < -0.39 is 0 Å². The fraction of sp³-hybridized carbons (Fsp3) is 0.917. The largest absolute Gasteiger partial charge is 0.349 e. The molecule has 0 aromatic carbocycles. The van der Waals surface area contributed by atoms with Crippen molar-refractivity contribution in [2.24, 2.45) is 17.8 Å². The van der Waals surface area contributed by atoms with Gasteiger partial charge in [-0.1, -0.05) is 6.42 Å². The third-order valence-corrected chi connectivity index (χ3v) is 4.69. The summed E-state index contributed by atoms with van der Waals surface area (Å²) in [6, 6.07) is 0. The minimum absolute atomic E-state index is 0.0416. The van der Waals surface area contributed by atoms with Crippen molar-refractivity contribution in [2.45, 2.75) is 50.9 Å². The molecule has 0 spiro atoms. The summed E-state index contributed by atoms with van der Waals surface area (Å²) in [5.41, 5.74) is -0.296. The Balaban J connectivity index is 1.88. The Morgan fingerprint density at radius 2 is 1.93 bits per heavy atom. The normalized spacial score (nSPS) is 35.9. The molecule has 0 radical (unpaired) electrons. The van der Waals surface area contributed by atoms with Gasteiger partial charge in [0.2, 0.25) is 5.91 Å². The molecule has 2 aliphatic carbocycles. The first-order valence-corrected chi connectivity index (χ1v) is 6.33. The molecule has 0 aromatic heterocycles. The molecule has 1 amide bonds. The van der Waals surface area contributed by atoms with E-state index in [0.29, 0.717) is 17.8 Å². The van der Waals surface area contributed by atoms with Crippen molar-refractivity contribution in [1.82, 2.24) is 5.32 Å². The van der Waals surface area contributed by atoms with E-state index in [1.807, 2.05) is 20.8 Å². The van der Waals surface area contributed by atoms with E-state index in [9.17, 15) is 4.79 Å². The number of fused-ring (bicyclic) bond motifs is 1. The monoisotopic (exact) mass is 229 g/mol. The number of alkyl halides is 1. The summed E-state index contributed by atoms with van der Waals surface area (Å²) in [6.45, 7) is 5.90. The highest BCUT2D eigenvalue weighted by molar-refractivity contribution is 6.21. The minimum Gasteiger partial charge on any atom is -0.349 e. The molecule has 2 nitrogen and oxygen atoms in total. The van der Waals surface area contributed by atoms with Crippen LogP contribution >= 0.6 is 11.6 Å². The van der Waals surface area contributed by atoms with Gasteiger partial charge >= 0.3 is 0 Å². The van der Waals surface area contributed by atoms with E-state index in [0.717, 1.165) is 0 Å². The molecule has 3 unspecified atom stereocenters. The number of halogens is 1. The van der Waals surface area contributed by atoms with Gasteiger partial charge in [-0.3, -0.25) is 4.79 Å². The summed E-state index contributed by atoms with van der Waals surface area (Å²) in [5, 5.41) is 3.03. The van der Waals surface area contributed by atoms with Crippen molar-refractivity contribution >= 4 is 17.5 Å². The highest BCUT2D eigenvalue weighted by Gasteiger charge is 2.57. The molecule has 15 heavy (non-hydrogen) atoms. The maximum Gasteiger partial charge on any atom is 0.224 e. The number of carbonyl (C=O) groups excluding carboxylic acids is 1. The van der Waals surface area contributed by atoms with Crippen LogP contribution in [0.3, 0.4) is 0 Å². The Morgan fingerprint density at radius 1 is 1.40 bits per heavy atom. The van der Waals surface area contributed by atoms with Crippen LogP contribution in [0.5, 0.6) is 0 Å². The molecule has 86 valence electrons. The summed E-state index contributed by atoms with van der Waals surface area (Å²) >= 11 is 6.04. The van der Waals surface area contributed by atoms with Crippen LogP contribution in [0.2, 0.25) is 0 Å². The lowest BCUT2D eigenvalue weighted by atomic mass is 10.0. The second kappa shape index (κ2) is 3.65. The van der Waals surface area contributed by atoms with Gasteiger partial charge in [-0.05, 0) is 45.4 Å². The lowest BCUT2D eigenvalue weighted by Gasteiger charge is -2.29. The van der Waals surface area contributed by atoms with Crippen molar-refractivity contribution in [3.05, 3.63) is 0 Å². The predicted molar refractivity (Wildman–Crippen MR) is 61.9 cm³/mol. The molecule has 0 aromatic rings. The van der Waals surface area contributed by atoms with Gasteiger partial charge in [0.05, 0.1) is 10.9 Å². The van der Waals surface area contributed by atoms with E-state index >= 15 is 0 Å². The SMILES string of the molecule is CC(Cl)C(C)(C)NC(=O)C1C2CCCC21. The zero-order chi connectivity index (χ0) is 11.2. The summed E-state index contributed by atoms with van der Waals surface area (Å²) in [5.74, 6) is 1.90. The van der Waals surface area contributed by atoms with Crippen molar-refractivity contribution in [3.8, 4) is 0 Å². The second-order valence-electron chi connectivity index (χ2n) is 5.61. The molecule has 2 rings (SSSR count). The molecule has 2 saturated carbocycles. The molecule has 3 heteroatoms. The van der Waals surface area contributed by atoms with Crippen LogP contribution in [0.1, 0.15) is 40.0 Å². The summed E-state index contributed by atoms with van der Waals surface area (Å²) in [4.78, 5) is 12.0. The Labute approximate surface area is 96.8 Å². The summed E-state index contributed by atoms with van der Waals surface area (Å²) in [6.07, 6.45) is 3.81. The number of carbonyl (C=O) groups is 1. The van der Waals surface area contributed by atoms with Gasteiger partial charge in [0.1, 0.15) is 0 Å². The van der Waals surface area contributed by atoms with E-state index in [4.69, 9.17) is 11.6 Å². The van der Waals surface area contributed by atoms with Crippen molar-refractivity contribution in [2.75, 3.05) is 0 Å². The Bertz CT molecular complexity index is 265. The molecule has 3 atom stereocenters. The van der Waals surface area contributed by atoms with Gasteiger partial charge in [-0.2, -0.15) is 0 Å². The molecule has 0 bridgehead atoms. The van der Waals surface area contributed by atoms with E-state index in [2.05, 4.69) is 5.32 Å². The van der Waals surface area contributed by atoms with Gasteiger partial charge in [0.25, 0.3) is 0 Å². The van der Waals surface area contributed by atoms with Crippen LogP contribution in [0.4, 0.5) is 0 Å². The maximum absolute atomic E-state index is 12.0. The number of rotatable bonds is 3. The zero-order valence-electron chi connectivity index (χ0n) is 9.72.